The Morgan fingerprint density at radius 1 is 0.522 bits per heavy atom. The van der Waals surface area contributed by atoms with Gasteiger partial charge in [-0.25, -0.2) is 0 Å². The van der Waals surface area contributed by atoms with Crippen molar-refractivity contribution < 1.29 is 20.4 Å². The van der Waals surface area contributed by atoms with Gasteiger partial charge in [-0.1, -0.05) is 0 Å². The SMILES string of the molecule is CC(C)(O)C12CC3(O)CC(C(C)(C)O)(C1)CC(C(C)(C)O)(C3)C2. The molecule has 0 atom stereocenters. The van der Waals surface area contributed by atoms with E-state index < -0.39 is 38.6 Å². The molecular formula is C19H34O4. The van der Waals surface area contributed by atoms with Crippen LogP contribution >= 0.6 is 0 Å². The molecule has 0 unspecified atom stereocenters. The average molecular weight is 326 g/mol. The summed E-state index contributed by atoms with van der Waals surface area (Å²) < 4.78 is 0. The molecule has 4 nitrogen and oxygen atoms in total. The Hall–Kier alpha value is -0.160. The van der Waals surface area contributed by atoms with Crippen molar-refractivity contribution in [1.82, 2.24) is 0 Å². The minimum atomic E-state index is -0.963. The second-order valence-electron chi connectivity index (χ2n) is 10.8. The maximum Gasteiger partial charge on any atom is 0.0667 e. The van der Waals surface area contributed by atoms with Crippen LogP contribution < -0.4 is 0 Å². The number of hydrogen-bond acceptors (Lipinski definition) is 4. The third-order valence-corrected chi connectivity index (χ3v) is 7.93. The van der Waals surface area contributed by atoms with E-state index in [4.69, 9.17) is 0 Å². The average Bonchev–Trinajstić information content (AvgIpc) is 2.20. The summed E-state index contributed by atoms with van der Waals surface area (Å²) in [7, 11) is 0. The highest BCUT2D eigenvalue weighted by Crippen LogP contribution is 2.77. The van der Waals surface area contributed by atoms with E-state index in [0.717, 1.165) is 0 Å². The van der Waals surface area contributed by atoms with Gasteiger partial charge < -0.3 is 20.4 Å². The molecule has 4 aliphatic rings. The molecule has 4 N–H and O–H groups in total. The summed E-state index contributed by atoms with van der Waals surface area (Å²) in [6.07, 6.45) is 3.77. The van der Waals surface area contributed by atoms with Gasteiger partial charge >= 0.3 is 0 Å². The van der Waals surface area contributed by atoms with Crippen LogP contribution in [-0.2, 0) is 0 Å². The summed E-state index contributed by atoms with van der Waals surface area (Å²) in [5, 5.41) is 44.3. The van der Waals surface area contributed by atoms with Crippen molar-refractivity contribution in [1.29, 1.82) is 0 Å². The van der Waals surface area contributed by atoms with Gasteiger partial charge in [-0.2, -0.15) is 0 Å². The topological polar surface area (TPSA) is 80.9 Å². The lowest BCUT2D eigenvalue weighted by Gasteiger charge is -2.75. The van der Waals surface area contributed by atoms with Gasteiger partial charge in [0.2, 0.25) is 0 Å². The first-order valence-electron chi connectivity index (χ1n) is 8.89. The second-order valence-corrected chi connectivity index (χ2v) is 10.8. The molecule has 0 aliphatic heterocycles. The summed E-state index contributed by atoms with van der Waals surface area (Å²) >= 11 is 0. The first-order valence-corrected chi connectivity index (χ1v) is 8.89. The lowest BCUT2D eigenvalue weighted by molar-refractivity contribution is -0.329. The molecule has 0 amide bonds. The van der Waals surface area contributed by atoms with Crippen molar-refractivity contribution in [2.45, 2.75) is 102 Å². The second kappa shape index (κ2) is 4.14. The number of hydrogen-bond donors (Lipinski definition) is 4. The molecule has 4 aliphatic carbocycles. The molecular weight excluding hydrogens is 292 g/mol. The number of rotatable bonds is 3. The molecule has 134 valence electrons. The van der Waals surface area contributed by atoms with Crippen molar-refractivity contribution in [2.75, 3.05) is 0 Å². The Morgan fingerprint density at radius 3 is 0.913 bits per heavy atom. The highest BCUT2D eigenvalue weighted by molar-refractivity contribution is 5.25. The largest absolute Gasteiger partial charge is 0.390 e. The molecule has 0 radical (unpaired) electrons. The quantitative estimate of drug-likeness (QED) is 0.642. The van der Waals surface area contributed by atoms with Crippen LogP contribution in [0.5, 0.6) is 0 Å². The Labute approximate surface area is 139 Å². The fourth-order valence-corrected chi connectivity index (χ4v) is 6.53. The first-order chi connectivity index (χ1) is 9.99. The number of aliphatic hydroxyl groups is 4. The van der Waals surface area contributed by atoms with E-state index in [0.29, 0.717) is 38.5 Å². The Bertz CT molecular complexity index is 435. The zero-order valence-corrected chi connectivity index (χ0v) is 15.5. The summed E-state index contributed by atoms with van der Waals surface area (Å²) in [4.78, 5) is 0. The van der Waals surface area contributed by atoms with Crippen LogP contribution in [-0.4, -0.2) is 42.8 Å². The van der Waals surface area contributed by atoms with Crippen LogP contribution in [0.25, 0.3) is 0 Å². The van der Waals surface area contributed by atoms with Crippen molar-refractivity contribution in [2.24, 2.45) is 16.2 Å². The fraction of sp³-hybridized carbons (Fsp3) is 1.00. The van der Waals surface area contributed by atoms with Gasteiger partial charge in [-0.15, -0.1) is 0 Å². The molecule has 4 saturated carbocycles. The Morgan fingerprint density at radius 2 is 0.739 bits per heavy atom. The molecule has 4 rings (SSSR count). The molecule has 0 spiro atoms. The third-order valence-electron chi connectivity index (χ3n) is 7.93. The molecule has 0 aromatic carbocycles. The monoisotopic (exact) mass is 326 g/mol. The molecule has 4 fully saturated rings. The van der Waals surface area contributed by atoms with Crippen LogP contribution in [0.15, 0.2) is 0 Å². The van der Waals surface area contributed by atoms with E-state index in [2.05, 4.69) is 0 Å². The van der Waals surface area contributed by atoms with Gasteiger partial charge in [0.05, 0.1) is 22.4 Å². The summed E-state index contributed by atoms with van der Waals surface area (Å²) in [6, 6.07) is 0. The smallest absolute Gasteiger partial charge is 0.0667 e. The maximum absolute atomic E-state index is 11.4. The van der Waals surface area contributed by atoms with Crippen LogP contribution in [0.2, 0.25) is 0 Å². The van der Waals surface area contributed by atoms with Gasteiger partial charge in [-0.3, -0.25) is 0 Å². The lowest BCUT2D eigenvalue weighted by Crippen LogP contribution is -2.75. The molecule has 4 bridgehead atoms. The van der Waals surface area contributed by atoms with Crippen LogP contribution in [0, 0.1) is 16.2 Å². The van der Waals surface area contributed by atoms with Gasteiger partial charge in [-0.05, 0) is 80.1 Å². The normalized spacial score (nSPS) is 47.2. The minimum absolute atomic E-state index is 0.476. The van der Waals surface area contributed by atoms with Crippen molar-refractivity contribution in [3.63, 3.8) is 0 Å². The fourth-order valence-electron chi connectivity index (χ4n) is 6.53. The summed E-state index contributed by atoms with van der Waals surface area (Å²) in [5.41, 5.74) is -5.24. The molecule has 0 saturated heterocycles. The van der Waals surface area contributed by atoms with Crippen molar-refractivity contribution in [3.05, 3.63) is 0 Å². The van der Waals surface area contributed by atoms with Gasteiger partial charge in [0.15, 0.2) is 0 Å². The van der Waals surface area contributed by atoms with E-state index >= 15 is 0 Å². The van der Waals surface area contributed by atoms with Crippen LogP contribution in [0.4, 0.5) is 0 Å². The standard InChI is InChI=1S/C19H34O4/c1-13(2,20)16-7-17(14(3,4)21)9-18(8-16,15(5,6)22)12-19(23,10-16)11-17/h20-23H,7-12H2,1-6H3. The zero-order valence-electron chi connectivity index (χ0n) is 15.5. The predicted molar refractivity (Wildman–Crippen MR) is 88.8 cm³/mol. The minimum Gasteiger partial charge on any atom is -0.390 e. The van der Waals surface area contributed by atoms with Crippen molar-refractivity contribution in [3.8, 4) is 0 Å². The van der Waals surface area contributed by atoms with Crippen molar-refractivity contribution >= 4 is 0 Å². The zero-order chi connectivity index (χ0) is 17.7. The highest BCUT2D eigenvalue weighted by atomic mass is 16.3. The van der Waals surface area contributed by atoms with E-state index in [1.807, 2.05) is 41.5 Å². The van der Waals surface area contributed by atoms with E-state index in [1.54, 1.807) is 0 Å². The molecule has 4 heteroatoms. The summed E-state index contributed by atoms with van der Waals surface area (Å²) in [5.74, 6) is 0. The van der Waals surface area contributed by atoms with E-state index in [-0.39, 0.29) is 0 Å². The summed E-state index contributed by atoms with van der Waals surface area (Å²) in [6.45, 7) is 10.9. The Balaban J connectivity index is 2.23. The highest BCUT2D eigenvalue weighted by Gasteiger charge is 2.75. The van der Waals surface area contributed by atoms with Crippen LogP contribution in [0.3, 0.4) is 0 Å². The molecule has 0 aromatic heterocycles. The van der Waals surface area contributed by atoms with Gasteiger partial charge in [0.25, 0.3) is 0 Å². The first kappa shape index (κ1) is 17.7. The lowest BCUT2D eigenvalue weighted by atomic mass is 9.32. The van der Waals surface area contributed by atoms with Crippen LogP contribution in [0.1, 0.15) is 80.1 Å². The molecule has 0 heterocycles. The molecule has 0 aromatic rings. The van der Waals surface area contributed by atoms with Gasteiger partial charge in [0.1, 0.15) is 0 Å². The van der Waals surface area contributed by atoms with Gasteiger partial charge in [0, 0.05) is 16.2 Å². The molecule has 23 heavy (non-hydrogen) atoms. The Kier molecular flexibility index (Phi) is 3.18. The van der Waals surface area contributed by atoms with E-state index in [1.165, 1.54) is 0 Å². The predicted octanol–water partition coefficient (Wildman–Crippen LogP) is 2.37. The van der Waals surface area contributed by atoms with E-state index in [9.17, 15) is 20.4 Å². The maximum atomic E-state index is 11.4. The third kappa shape index (κ3) is 2.18.